The number of nitrogens with zero attached hydrogens (tertiary/aromatic N) is 1. The Morgan fingerprint density at radius 1 is 1.29 bits per heavy atom. The summed E-state index contributed by atoms with van der Waals surface area (Å²) in [6.07, 6.45) is 4.30. The van der Waals surface area contributed by atoms with Crippen molar-refractivity contribution in [3.8, 4) is 0 Å². The predicted molar refractivity (Wildman–Crippen MR) is 69.1 cm³/mol. The van der Waals surface area contributed by atoms with Gasteiger partial charge in [-0.1, -0.05) is 31.2 Å². The molecule has 3 rings (SSSR count). The Bertz CT molecular complexity index is 541. The van der Waals surface area contributed by atoms with Gasteiger partial charge in [0.2, 0.25) is 0 Å². The highest BCUT2D eigenvalue weighted by Gasteiger charge is 2.45. The van der Waals surface area contributed by atoms with E-state index >= 15 is 0 Å². The molecule has 2 aromatic rings. The maximum Gasteiger partial charge on any atom is 0.0750 e. The number of nitrogens with one attached hydrogen (secondary N) is 1. The van der Waals surface area contributed by atoms with E-state index in [1.165, 1.54) is 23.8 Å². The van der Waals surface area contributed by atoms with E-state index in [0.29, 0.717) is 5.41 Å². The van der Waals surface area contributed by atoms with Crippen LogP contribution in [0, 0.1) is 5.41 Å². The molecular formula is C14H17N3. The summed E-state index contributed by atoms with van der Waals surface area (Å²) in [5, 5.41) is 1.18. The van der Waals surface area contributed by atoms with Crippen molar-refractivity contribution < 1.29 is 0 Å². The first-order chi connectivity index (χ1) is 8.24. The molecule has 0 radical (unpaired) electrons. The maximum atomic E-state index is 5.74. The molecule has 1 aromatic heterocycles. The minimum absolute atomic E-state index is 0.195. The molecule has 88 valence electrons. The summed E-state index contributed by atoms with van der Waals surface area (Å²) in [5.74, 6) is 5.74. The van der Waals surface area contributed by atoms with E-state index in [-0.39, 0.29) is 6.04 Å². The van der Waals surface area contributed by atoms with Crippen LogP contribution in [0.1, 0.15) is 31.4 Å². The van der Waals surface area contributed by atoms with Gasteiger partial charge in [-0.3, -0.25) is 16.3 Å². The second-order valence-corrected chi connectivity index (χ2v) is 5.18. The maximum absolute atomic E-state index is 5.74. The van der Waals surface area contributed by atoms with Crippen molar-refractivity contribution in [1.29, 1.82) is 0 Å². The molecular weight excluding hydrogens is 210 g/mol. The molecule has 0 spiro atoms. The first-order valence-corrected chi connectivity index (χ1v) is 6.04. The van der Waals surface area contributed by atoms with E-state index < -0.39 is 0 Å². The average Bonchev–Trinajstić information content (AvgIpc) is 3.09. The smallest absolute Gasteiger partial charge is 0.0750 e. The Labute approximate surface area is 101 Å². The van der Waals surface area contributed by atoms with Gasteiger partial charge in [-0.25, -0.2) is 0 Å². The van der Waals surface area contributed by atoms with E-state index in [1.54, 1.807) is 0 Å². The van der Waals surface area contributed by atoms with Crippen LogP contribution in [0.5, 0.6) is 0 Å². The van der Waals surface area contributed by atoms with E-state index in [9.17, 15) is 0 Å². The molecule has 1 unspecified atom stereocenters. The van der Waals surface area contributed by atoms with Gasteiger partial charge in [-0.2, -0.15) is 0 Å². The van der Waals surface area contributed by atoms with Gasteiger partial charge in [0.25, 0.3) is 0 Å². The standard InChI is InChI=1S/C14H17N3/c1-14(7-8-14)13(17-15)11-6-2-4-10-5-3-9-16-12(10)11/h2-6,9,13,17H,7-8,15H2,1H3. The Kier molecular flexibility index (Phi) is 2.38. The SMILES string of the molecule is CC1(C(NN)c2cccc3cccnc23)CC1. The molecule has 0 amide bonds. The zero-order chi connectivity index (χ0) is 11.9. The molecule has 3 heteroatoms. The van der Waals surface area contributed by atoms with Gasteiger partial charge in [0.15, 0.2) is 0 Å². The second-order valence-electron chi connectivity index (χ2n) is 5.18. The van der Waals surface area contributed by atoms with Crippen LogP contribution in [0.25, 0.3) is 10.9 Å². The Balaban J connectivity index is 2.16. The summed E-state index contributed by atoms with van der Waals surface area (Å²) in [7, 11) is 0. The zero-order valence-electron chi connectivity index (χ0n) is 9.98. The van der Waals surface area contributed by atoms with E-state index in [0.717, 1.165) is 5.52 Å². The third-order valence-corrected chi connectivity index (χ3v) is 3.88. The van der Waals surface area contributed by atoms with Crippen molar-refractivity contribution in [2.45, 2.75) is 25.8 Å². The van der Waals surface area contributed by atoms with Gasteiger partial charge >= 0.3 is 0 Å². The highest BCUT2D eigenvalue weighted by atomic mass is 15.2. The van der Waals surface area contributed by atoms with Crippen LogP contribution in [-0.2, 0) is 0 Å². The van der Waals surface area contributed by atoms with E-state index in [4.69, 9.17) is 5.84 Å². The van der Waals surface area contributed by atoms with Gasteiger partial charge in [0.1, 0.15) is 0 Å². The number of hydrogen-bond donors (Lipinski definition) is 2. The molecule has 3 nitrogen and oxygen atoms in total. The molecule has 1 fully saturated rings. The first-order valence-electron chi connectivity index (χ1n) is 6.04. The molecule has 1 aromatic carbocycles. The number of aromatic nitrogens is 1. The summed E-state index contributed by atoms with van der Waals surface area (Å²) < 4.78 is 0. The molecule has 0 bridgehead atoms. The van der Waals surface area contributed by atoms with Crippen molar-refractivity contribution in [2.24, 2.45) is 11.3 Å². The van der Waals surface area contributed by atoms with Crippen molar-refractivity contribution >= 4 is 10.9 Å². The lowest BCUT2D eigenvalue weighted by Crippen LogP contribution is -2.33. The Morgan fingerprint density at radius 2 is 2.06 bits per heavy atom. The Hall–Kier alpha value is -1.45. The topological polar surface area (TPSA) is 50.9 Å². The summed E-state index contributed by atoms with van der Waals surface area (Å²) >= 11 is 0. The number of fused-ring (bicyclic) bond motifs is 1. The molecule has 1 aliphatic rings. The summed E-state index contributed by atoms with van der Waals surface area (Å²) in [4.78, 5) is 4.50. The van der Waals surface area contributed by atoms with Gasteiger partial charge in [0.05, 0.1) is 11.6 Å². The number of rotatable bonds is 3. The number of benzene rings is 1. The van der Waals surface area contributed by atoms with E-state index in [2.05, 4.69) is 41.6 Å². The quantitative estimate of drug-likeness (QED) is 0.626. The number of hydrogen-bond acceptors (Lipinski definition) is 3. The van der Waals surface area contributed by atoms with Crippen LogP contribution < -0.4 is 11.3 Å². The van der Waals surface area contributed by atoms with Crippen LogP contribution in [0.4, 0.5) is 0 Å². The molecule has 0 saturated heterocycles. The zero-order valence-corrected chi connectivity index (χ0v) is 9.98. The van der Waals surface area contributed by atoms with E-state index in [1.807, 2.05) is 12.3 Å². The molecule has 3 N–H and O–H groups in total. The fourth-order valence-corrected chi connectivity index (χ4v) is 2.51. The average molecular weight is 227 g/mol. The highest BCUT2D eigenvalue weighted by Crippen LogP contribution is 2.54. The van der Waals surface area contributed by atoms with Crippen LogP contribution in [0.15, 0.2) is 36.5 Å². The highest BCUT2D eigenvalue weighted by molar-refractivity contribution is 5.82. The van der Waals surface area contributed by atoms with Crippen molar-refractivity contribution in [3.05, 3.63) is 42.1 Å². The summed E-state index contributed by atoms with van der Waals surface area (Å²) in [6.45, 7) is 2.28. The van der Waals surface area contributed by atoms with Gasteiger partial charge in [-0.15, -0.1) is 0 Å². The predicted octanol–water partition coefficient (Wildman–Crippen LogP) is 2.54. The first kappa shape index (κ1) is 10.7. The summed E-state index contributed by atoms with van der Waals surface area (Å²) in [5.41, 5.74) is 5.54. The Morgan fingerprint density at radius 3 is 2.76 bits per heavy atom. The van der Waals surface area contributed by atoms with Crippen LogP contribution in [0.3, 0.4) is 0 Å². The van der Waals surface area contributed by atoms with Crippen molar-refractivity contribution in [2.75, 3.05) is 0 Å². The third-order valence-electron chi connectivity index (χ3n) is 3.88. The number of pyridine rings is 1. The molecule has 1 saturated carbocycles. The number of hydrazine groups is 1. The largest absolute Gasteiger partial charge is 0.271 e. The monoisotopic (exact) mass is 227 g/mol. The second kappa shape index (κ2) is 3.79. The van der Waals surface area contributed by atoms with Crippen LogP contribution in [-0.4, -0.2) is 4.98 Å². The summed E-state index contributed by atoms with van der Waals surface area (Å²) in [6, 6.07) is 10.6. The fourth-order valence-electron chi connectivity index (χ4n) is 2.51. The minimum Gasteiger partial charge on any atom is -0.271 e. The van der Waals surface area contributed by atoms with Gasteiger partial charge < -0.3 is 0 Å². The van der Waals surface area contributed by atoms with Crippen LogP contribution >= 0.6 is 0 Å². The van der Waals surface area contributed by atoms with Crippen molar-refractivity contribution in [1.82, 2.24) is 10.4 Å². The van der Waals surface area contributed by atoms with Crippen molar-refractivity contribution in [3.63, 3.8) is 0 Å². The molecule has 1 heterocycles. The lowest BCUT2D eigenvalue weighted by Gasteiger charge is -2.24. The molecule has 17 heavy (non-hydrogen) atoms. The van der Waals surface area contributed by atoms with Gasteiger partial charge in [-0.05, 0) is 29.9 Å². The van der Waals surface area contributed by atoms with Gasteiger partial charge in [0, 0.05) is 11.6 Å². The lowest BCUT2D eigenvalue weighted by molar-refractivity contribution is 0.374. The lowest BCUT2D eigenvalue weighted by atomic mass is 9.91. The molecule has 0 aliphatic heterocycles. The van der Waals surface area contributed by atoms with Crippen LogP contribution in [0.2, 0.25) is 0 Å². The fraction of sp³-hybridized carbons (Fsp3) is 0.357. The molecule has 1 atom stereocenters. The minimum atomic E-state index is 0.195. The number of para-hydroxylation sites is 1. The number of nitrogens with two attached hydrogens (primary N) is 1. The third kappa shape index (κ3) is 1.72. The normalized spacial score (nSPS) is 19.2. The molecule has 1 aliphatic carbocycles.